The Morgan fingerprint density at radius 3 is 2.69 bits per heavy atom. The molecule has 0 radical (unpaired) electrons. The van der Waals surface area contributed by atoms with E-state index in [0.717, 1.165) is 11.3 Å². The van der Waals surface area contributed by atoms with E-state index in [-0.39, 0.29) is 16.4 Å². The number of hydrogen-bond donors (Lipinski definition) is 3. The molecule has 0 saturated carbocycles. The molecule has 3 N–H and O–H groups in total. The Labute approximate surface area is 155 Å². The van der Waals surface area contributed by atoms with Crippen LogP contribution < -0.4 is 16.2 Å². The van der Waals surface area contributed by atoms with Crippen molar-refractivity contribution in [2.45, 2.75) is 6.54 Å². The molecule has 0 bridgehead atoms. The molecule has 26 heavy (non-hydrogen) atoms. The summed E-state index contributed by atoms with van der Waals surface area (Å²) < 4.78 is 18.8. The zero-order valence-corrected chi connectivity index (χ0v) is 14.5. The van der Waals surface area contributed by atoms with Gasteiger partial charge < -0.3 is 9.73 Å². The fourth-order valence-electron chi connectivity index (χ4n) is 2.07. The van der Waals surface area contributed by atoms with Crippen molar-refractivity contribution < 1.29 is 23.2 Å². The summed E-state index contributed by atoms with van der Waals surface area (Å²) >= 11 is 7.08. The maximum Gasteiger partial charge on any atom is 0.327 e. The van der Waals surface area contributed by atoms with Gasteiger partial charge in [0, 0.05) is 10.1 Å². The third kappa shape index (κ3) is 3.84. The van der Waals surface area contributed by atoms with Crippen LogP contribution in [0.4, 0.5) is 4.39 Å². The van der Waals surface area contributed by atoms with Crippen molar-refractivity contribution in [3.8, 4) is 0 Å². The standard InChI is InChI=1S/C16H11ClFN3O4S/c17-12-10-4-3-8(18)6-11(10)26-13(12)14(22)20-21-16(24)15(23)19-7-9-2-1-5-25-9/h1-6H,7H2,(H,19,23)(H,20,22)(H,21,24). The molecular weight excluding hydrogens is 385 g/mol. The van der Waals surface area contributed by atoms with Crippen molar-refractivity contribution >= 4 is 50.7 Å². The van der Waals surface area contributed by atoms with Gasteiger partial charge in [-0.3, -0.25) is 25.2 Å². The molecule has 0 spiro atoms. The summed E-state index contributed by atoms with van der Waals surface area (Å²) in [5, 5.41) is 2.98. The third-order valence-corrected chi connectivity index (χ3v) is 4.95. The van der Waals surface area contributed by atoms with Gasteiger partial charge in [-0.25, -0.2) is 4.39 Å². The lowest BCUT2D eigenvalue weighted by atomic mass is 10.2. The molecule has 2 heterocycles. The second-order valence-corrected chi connectivity index (χ2v) is 6.49. The molecule has 0 unspecified atom stereocenters. The first kappa shape index (κ1) is 17.9. The Kier molecular flexibility index (Phi) is 5.19. The molecule has 2 aromatic heterocycles. The molecule has 0 aliphatic carbocycles. The number of hydrazine groups is 1. The van der Waals surface area contributed by atoms with Gasteiger partial charge in [0.05, 0.1) is 17.8 Å². The fraction of sp³-hybridized carbons (Fsp3) is 0.0625. The van der Waals surface area contributed by atoms with Crippen molar-refractivity contribution in [2.24, 2.45) is 0 Å². The highest BCUT2D eigenvalue weighted by Gasteiger charge is 2.20. The summed E-state index contributed by atoms with van der Waals surface area (Å²) in [5.41, 5.74) is 4.09. The molecule has 0 saturated heterocycles. The number of amides is 3. The first-order valence-corrected chi connectivity index (χ1v) is 8.43. The molecule has 3 rings (SSSR count). The fourth-order valence-corrected chi connectivity index (χ4v) is 3.51. The van der Waals surface area contributed by atoms with Crippen molar-refractivity contribution in [3.63, 3.8) is 0 Å². The van der Waals surface area contributed by atoms with E-state index in [1.165, 1.54) is 24.5 Å². The molecule has 0 aliphatic heterocycles. The van der Waals surface area contributed by atoms with Crippen LogP contribution in [0.25, 0.3) is 10.1 Å². The van der Waals surface area contributed by atoms with Crippen LogP contribution in [0.2, 0.25) is 5.02 Å². The van der Waals surface area contributed by atoms with Gasteiger partial charge in [0.1, 0.15) is 16.5 Å². The van der Waals surface area contributed by atoms with E-state index in [4.69, 9.17) is 16.0 Å². The number of benzene rings is 1. The highest BCUT2D eigenvalue weighted by Crippen LogP contribution is 2.35. The van der Waals surface area contributed by atoms with Crippen LogP contribution in [-0.4, -0.2) is 17.7 Å². The third-order valence-electron chi connectivity index (χ3n) is 3.30. The zero-order valence-electron chi connectivity index (χ0n) is 13.0. The highest BCUT2D eigenvalue weighted by molar-refractivity contribution is 7.21. The molecule has 0 aliphatic rings. The number of hydrogen-bond acceptors (Lipinski definition) is 5. The van der Waals surface area contributed by atoms with Crippen molar-refractivity contribution in [3.05, 3.63) is 58.1 Å². The summed E-state index contributed by atoms with van der Waals surface area (Å²) in [6.45, 7) is 0.0287. The first-order valence-electron chi connectivity index (χ1n) is 7.24. The van der Waals surface area contributed by atoms with E-state index in [0.29, 0.717) is 15.8 Å². The predicted octanol–water partition coefficient (Wildman–Crippen LogP) is 2.36. The number of nitrogens with one attached hydrogen (secondary N) is 3. The summed E-state index contributed by atoms with van der Waals surface area (Å²) in [6.07, 6.45) is 1.43. The van der Waals surface area contributed by atoms with Crippen LogP contribution in [-0.2, 0) is 16.1 Å². The van der Waals surface area contributed by atoms with Crippen LogP contribution >= 0.6 is 22.9 Å². The number of carbonyl (C=O) groups excluding carboxylic acids is 3. The van der Waals surface area contributed by atoms with Gasteiger partial charge in [-0.2, -0.15) is 0 Å². The summed E-state index contributed by atoms with van der Waals surface area (Å²) in [7, 11) is 0. The predicted molar refractivity (Wildman–Crippen MR) is 93.0 cm³/mol. The topological polar surface area (TPSA) is 100 Å². The van der Waals surface area contributed by atoms with Gasteiger partial charge >= 0.3 is 11.8 Å². The van der Waals surface area contributed by atoms with Gasteiger partial charge in [-0.15, -0.1) is 11.3 Å². The number of rotatable bonds is 3. The van der Waals surface area contributed by atoms with E-state index < -0.39 is 23.5 Å². The van der Waals surface area contributed by atoms with Crippen molar-refractivity contribution in [1.82, 2.24) is 16.2 Å². The van der Waals surface area contributed by atoms with Crippen molar-refractivity contribution in [2.75, 3.05) is 0 Å². The molecule has 10 heteroatoms. The second kappa shape index (κ2) is 7.54. The minimum absolute atomic E-state index is 0.0287. The number of thiophene rings is 1. The minimum Gasteiger partial charge on any atom is -0.467 e. The van der Waals surface area contributed by atoms with E-state index in [9.17, 15) is 18.8 Å². The van der Waals surface area contributed by atoms with Crippen LogP contribution in [0.5, 0.6) is 0 Å². The summed E-state index contributed by atoms with van der Waals surface area (Å²) in [4.78, 5) is 35.6. The maximum atomic E-state index is 13.3. The number of fused-ring (bicyclic) bond motifs is 1. The van der Waals surface area contributed by atoms with E-state index in [1.807, 2.05) is 5.43 Å². The lowest BCUT2D eigenvalue weighted by Crippen LogP contribution is -2.48. The monoisotopic (exact) mass is 395 g/mol. The van der Waals surface area contributed by atoms with E-state index in [2.05, 4.69) is 10.7 Å². The van der Waals surface area contributed by atoms with Gasteiger partial charge in [-0.1, -0.05) is 11.6 Å². The lowest BCUT2D eigenvalue weighted by molar-refractivity contribution is -0.139. The summed E-state index contributed by atoms with van der Waals surface area (Å²) in [6, 6.07) is 7.21. The SMILES string of the molecule is O=C(NCc1ccco1)C(=O)NNC(=O)c1sc2cc(F)ccc2c1Cl. The maximum absolute atomic E-state index is 13.3. The number of furan rings is 1. The average Bonchev–Trinajstić information content (AvgIpc) is 3.25. The normalized spacial score (nSPS) is 10.5. The molecule has 0 fully saturated rings. The number of halogens is 2. The largest absolute Gasteiger partial charge is 0.467 e. The quantitative estimate of drug-likeness (QED) is 0.468. The Balaban J connectivity index is 1.59. The van der Waals surface area contributed by atoms with E-state index >= 15 is 0 Å². The van der Waals surface area contributed by atoms with Gasteiger partial charge in [0.25, 0.3) is 5.91 Å². The smallest absolute Gasteiger partial charge is 0.327 e. The molecule has 0 atom stereocenters. The molecule has 3 amide bonds. The Hall–Kier alpha value is -2.91. The van der Waals surface area contributed by atoms with Crippen LogP contribution in [0, 0.1) is 5.82 Å². The van der Waals surface area contributed by atoms with Crippen LogP contribution in [0.3, 0.4) is 0 Å². The van der Waals surface area contributed by atoms with Crippen LogP contribution in [0.1, 0.15) is 15.4 Å². The zero-order chi connectivity index (χ0) is 18.7. The van der Waals surface area contributed by atoms with Crippen molar-refractivity contribution in [1.29, 1.82) is 0 Å². The van der Waals surface area contributed by atoms with E-state index in [1.54, 1.807) is 12.1 Å². The molecule has 134 valence electrons. The van der Waals surface area contributed by atoms with Crippen LogP contribution in [0.15, 0.2) is 41.0 Å². The molecular formula is C16H11ClFN3O4S. The Bertz CT molecular complexity index is 987. The minimum atomic E-state index is -1.06. The Morgan fingerprint density at radius 2 is 1.96 bits per heavy atom. The molecule has 1 aromatic carbocycles. The van der Waals surface area contributed by atoms with Gasteiger partial charge in [0.15, 0.2) is 0 Å². The molecule has 7 nitrogen and oxygen atoms in total. The van der Waals surface area contributed by atoms with Gasteiger partial charge in [-0.05, 0) is 30.3 Å². The number of carbonyl (C=O) groups is 3. The average molecular weight is 396 g/mol. The second-order valence-electron chi connectivity index (χ2n) is 5.06. The Morgan fingerprint density at radius 1 is 1.15 bits per heavy atom. The lowest BCUT2D eigenvalue weighted by Gasteiger charge is -2.06. The summed E-state index contributed by atoms with van der Waals surface area (Å²) in [5.74, 6) is -2.72. The molecule has 3 aromatic rings. The van der Waals surface area contributed by atoms with Gasteiger partial charge in [0.2, 0.25) is 0 Å². The highest BCUT2D eigenvalue weighted by atomic mass is 35.5. The first-order chi connectivity index (χ1) is 12.5.